The number of nitrogens with zero attached hydrogens (tertiary/aromatic N) is 2. The Balaban J connectivity index is 1.98. The molecular weight excluding hydrogens is 246 g/mol. The zero-order valence-corrected chi connectivity index (χ0v) is 11.3. The fourth-order valence-electron chi connectivity index (χ4n) is 2.86. The third-order valence-corrected chi connectivity index (χ3v) is 3.49. The topological polar surface area (TPSA) is 79.2 Å². The van der Waals surface area contributed by atoms with Gasteiger partial charge < -0.3 is 4.98 Å². The maximum atomic E-state index is 12.1. The average Bonchev–Trinajstić information content (AvgIpc) is 2.76. The molecule has 1 fully saturated rings. The van der Waals surface area contributed by atoms with Crippen LogP contribution in [0.15, 0.2) is 12.3 Å². The Morgan fingerprint density at radius 2 is 2.11 bits per heavy atom. The van der Waals surface area contributed by atoms with Crippen molar-refractivity contribution >= 4 is 11.5 Å². The lowest BCUT2D eigenvalue weighted by Crippen LogP contribution is -2.41. The molecule has 0 amide bonds. The molecule has 1 aliphatic rings. The summed E-state index contributed by atoms with van der Waals surface area (Å²) < 4.78 is 0. The number of hydrogen-bond donors (Lipinski definition) is 1. The van der Waals surface area contributed by atoms with Crippen molar-refractivity contribution in [2.45, 2.75) is 20.3 Å². The first-order chi connectivity index (χ1) is 8.95. The molecule has 104 valence electrons. The number of ketones is 1. The Bertz CT molecular complexity index is 473. The number of nitro groups is 1. The van der Waals surface area contributed by atoms with Gasteiger partial charge in [-0.1, -0.05) is 13.8 Å². The molecule has 19 heavy (non-hydrogen) atoms. The van der Waals surface area contributed by atoms with E-state index in [4.69, 9.17) is 0 Å². The van der Waals surface area contributed by atoms with Crippen molar-refractivity contribution in [1.29, 1.82) is 0 Å². The van der Waals surface area contributed by atoms with Gasteiger partial charge in [-0.3, -0.25) is 19.8 Å². The van der Waals surface area contributed by atoms with Crippen molar-refractivity contribution in [2.24, 2.45) is 11.8 Å². The van der Waals surface area contributed by atoms with Crippen LogP contribution in [0.25, 0.3) is 0 Å². The minimum Gasteiger partial charge on any atom is -0.353 e. The van der Waals surface area contributed by atoms with Crippen molar-refractivity contribution in [3.05, 3.63) is 28.1 Å². The minimum absolute atomic E-state index is 0.0660. The molecule has 0 saturated carbocycles. The number of aromatic amines is 1. The SMILES string of the molecule is CC1CC(C)CN(CC(=O)c2cc([N+](=O)[O-])c[nH]2)C1. The second-order valence-corrected chi connectivity index (χ2v) is 5.59. The summed E-state index contributed by atoms with van der Waals surface area (Å²) in [6, 6.07) is 1.30. The first-order valence-electron chi connectivity index (χ1n) is 6.54. The van der Waals surface area contributed by atoms with E-state index in [-0.39, 0.29) is 11.5 Å². The molecule has 1 saturated heterocycles. The molecule has 6 heteroatoms. The van der Waals surface area contributed by atoms with E-state index >= 15 is 0 Å². The zero-order chi connectivity index (χ0) is 14.0. The molecule has 2 rings (SSSR count). The summed E-state index contributed by atoms with van der Waals surface area (Å²) >= 11 is 0. The van der Waals surface area contributed by atoms with Gasteiger partial charge in [-0.2, -0.15) is 0 Å². The van der Waals surface area contributed by atoms with Crippen molar-refractivity contribution in [1.82, 2.24) is 9.88 Å². The number of aromatic nitrogens is 1. The van der Waals surface area contributed by atoms with E-state index in [2.05, 4.69) is 23.7 Å². The Hall–Kier alpha value is -1.69. The number of nitrogens with one attached hydrogen (secondary N) is 1. The predicted octanol–water partition coefficient (Wildman–Crippen LogP) is 2.08. The lowest BCUT2D eigenvalue weighted by Gasteiger charge is -2.34. The van der Waals surface area contributed by atoms with Gasteiger partial charge in [0.05, 0.1) is 23.4 Å². The molecule has 2 unspecified atom stereocenters. The van der Waals surface area contributed by atoms with Gasteiger partial charge in [-0.05, 0) is 18.3 Å². The van der Waals surface area contributed by atoms with Crippen LogP contribution in [0.4, 0.5) is 5.69 Å². The van der Waals surface area contributed by atoms with E-state index in [0.29, 0.717) is 24.1 Å². The van der Waals surface area contributed by atoms with E-state index in [1.165, 1.54) is 18.7 Å². The number of carbonyl (C=O) groups is 1. The van der Waals surface area contributed by atoms with Crippen molar-refractivity contribution in [3.8, 4) is 0 Å². The van der Waals surface area contributed by atoms with Crippen molar-refractivity contribution in [2.75, 3.05) is 19.6 Å². The molecule has 6 nitrogen and oxygen atoms in total. The van der Waals surface area contributed by atoms with E-state index in [0.717, 1.165) is 13.1 Å². The van der Waals surface area contributed by atoms with Gasteiger partial charge in [-0.25, -0.2) is 0 Å². The monoisotopic (exact) mass is 265 g/mol. The average molecular weight is 265 g/mol. The third kappa shape index (κ3) is 3.41. The molecule has 2 heterocycles. The largest absolute Gasteiger partial charge is 0.353 e. The summed E-state index contributed by atoms with van der Waals surface area (Å²) in [5.41, 5.74) is 0.251. The van der Waals surface area contributed by atoms with Crippen LogP contribution in [0, 0.1) is 22.0 Å². The summed E-state index contributed by atoms with van der Waals surface area (Å²) in [5.74, 6) is 1.10. The van der Waals surface area contributed by atoms with Crippen LogP contribution < -0.4 is 0 Å². The first kappa shape index (κ1) is 13.7. The van der Waals surface area contributed by atoms with Crippen molar-refractivity contribution in [3.63, 3.8) is 0 Å². The van der Waals surface area contributed by atoms with Gasteiger partial charge in [0.15, 0.2) is 5.78 Å². The fraction of sp³-hybridized carbons (Fsp3) is 0.615. The number of H-pyrrole nitrogens is 1. The molecule has 0 bridgehead atoms. The predicted molar refractivity (Wildman–Crippen MR) is 71.2 cm³/mol. The quantitative estimate of drug-likeness (QED) is 0.513. The molecule has 0 aromatic carbocycles. The van der Waals surface area contributed by atoms with E-state index in [1.54, 1.807) is 0 Å². The molecule has 1 aromatic heterocycles. The number of likely N-dealkylation sites (tertiary alicyclic amines) is 1. The summed E-state index contributed by atoms with van der Waals surface area (Å²) in [6.45, 7) is 6.53. The number of rotatable bonds is 4. The molecule has 1 N–H and O–H groups in total. The molecule has 1 aliphatic heterocycles. The van der Waals surface area contributed by atoms with E-state index < -0.39 is 4.92 Å². The highest BCUT2D eigenvalue weighted by Gasteiger charge is 2.24. The maximum Gasteiger partial charge on any atom is 0.287 e. The Morgan fingerprint density at radius 3 is 2.63 bits per heavy atom. The number of hydrogen-bond acceptors (Lipinski definition) is 4. The third-order valence-electron chi connectivity index (χ3n) is 3.49. The molecule has 1 aromatic rings. The van der Waals surface area contributed by atoms with E-state index in [9.17, 15) is 14.9 Å². The highest BCUT2D eigenvalue weighted by Crippen LogP contribution is 2.21. The van der Waals surface area contributed by atoms with Crippen LogP contribution in [0.5, 0.6) is 0 Å². The van der Waals surface area contributed by atoms with Gasteiger partial charge in [0.2, 0.25) is 0 Å². The second kappa shape index (κ2) is 5.52. The first-order valence-corrected chi connectivity index (χ1v) is 6.54. The molecule has 0 spiro atoms. The Kier molecular flexibility index (Phi) is 3.99. The normalized spacial score (nSPS) is 24.3. The summed E-state index contributed by atoms with van der Waals surface area (Å²) in [6.07, 6.45) is 2.45. The Labute approximate surface area is 111 Å². The fourth-order valence-corrected chi connectivity index (χ4v) is 2.86. The van der Waals surface area contributed by atoms with Gasteiger partial charge in [0.25, 0.3) is 5.69 Å². The van der Waals surface area contributed by atoms with Crippen LogP contribution >= 0.6 is 0 Å². The van der Waals surface area contributed by atoms with Crippen LogP contribution in [-0.4, -0.2) is 40.2 Å². The molecular formula is C13H19N3O3. The Morgan fingerprint density at radius 1 is 1.47 bits per heavy atom. The summed E-state index contributed by atoms with van der Waals surface area (Å²) in [4.78, 5) is 27.0. The maximum absolute atomic E-state index is 12.1. The van der Waals surface area contributed by atoms with Crippen LogP contribution in [0.1, 0.15) is 30.8 Å². The smallest absolute Gasteiger partial charge is 0.287 e. The van der Waals surface area contributed by atoms with E-state index in [1.807, 2.05) is 0 Å². The molecule has 0 radical (unpaired) electrons. The standard InChI is InChI=1S/C13H19N3O3/c1-9-3-10(2)7-15(6-9)8-13(17)12-4-11(5-14-12)16(18)19/h4-5,9-10,14H,3,6-8H2,1-2H3. The van der Waals surface area contributed by atoms with Crippen molar-refractivity contribution < 1.29 is 9.72 Å². The second-order valence-electron chi connectivity index (χ2n) is 5.59. The van der Waals surface area contributed by atoms with Crippen LogP contribution in [0.2, 0.25) is 0 Å². The number of piperidine rings is 1. The minimum atomic E-state index is -0.502. The lowest BCUT2D eigenvalue weighted by molar-refractivity contribution is -0.384. The molecule has 0 aliphatic carbocycles. The number of carbonyl (C=O) groups excluding carboxylic acids is 1. The highest BCUT2D eigenvalue weighted by molar-refractivity contribution is 5.96. The van der Waals surface area contributed by atoms with Gasteiger partial charge in [0.1, 0.15) is 0 Å². The van der Waals surface area contributed by atoms with Gasteiger partial charge in [0, 0.05) is 19.2 Å². The summed E-state index contributed by atoms with van der Waals surface area (Å²) in [5, 5.41) is 10.6. The number of Topliss-reactive ketones (excluding diaryl/α,β-unsaturated/α-hetero) is 1. The molecule has 2 atom stereocenters. The van der Waals surface area contributed by atoms with Crippen LogP contribution in [-0.2, 0) is 0 Å². The lowest BCUT2D eigenvalue weighted by atomic mass is 9.92. The van der Waals surface area contributed by atoms with Gasteiger partial charge in [-0.15, -0.1) is 0 Å². The van der Waals surface area contributed by atoms with Gasteiger partial charge >= 0.3 is 0 Å². The summed E-state index contributed by atoms with van der Waals surface area (Å²) in [7, 11) is 0. The zero-order valence-electron chi connectivity index (χ0n) is 11.3. The highest BCUT2D eigenvalue weighted by atomic mass is 16.6. The van der Waals surface area contributed by atoms with Crippen LogP contribution in [0.3, 0.4) is 0 Å².